The molecule has 3 aromatic rings. The molecule has 0 radical (unpaired) electrons. The van der Waals surface area contributed by atoms with E-state index in [1.54, 1.807) is 36.4 Å². The minimum Gasteiger partial charge on any atom is -0.357 e. The first-order valence-electron chi connectivity index (χ1n) is 10.9. The SMILES string of the molecule is CNC(=O)[C@@H](C)N(Cc1c(Cl)cccc1Cl)C(=O)CN(c1ccc(Cl)c(Cl)c1)S(=O)(=O)c1ccccc1. The molecule has 7 nitrogen and oxygen atoms in total. The van der Waals surface area contributed by atoms with Crippen molar-refractivity contribution in [2.24, 2.45) is 0 Å². The van der Waals surface area contributed by atoms with Crippen molar-refractivity contribution in [3.8, 4) is 0 Å². The molecular weight excluding hydrogens is 580 g/mol. The second-order valence-corrected chi connectivity index (χ2v) is 11.4. The average Bonchev–Trinajstić information content (AvgIpc) is 2.88. The Labute approximate surface area is 235 Å². The third-order valence-corrected chi connectivity index (χ3v) is 8.84. The maximum absolute atomic E-state index is 13.7. The lowest BCUT2D eigenvalue weighted by molar-refractivity contribution is -0.139. The molecule has 0 spiro atoms. The van der Waals surface area contributed by atoms with Gasteiger partial charge in [-0.25, -0.2) is 8.42 Å². The summed E-state index contributed by atoms with van der Waals surface area (Å²) in [4.78, 5) is 27.5. The highest BCUT2D eigenvalue weighted by Crippen LogP contribution is 2.31. The standard InChI is InChI=1S/C25H23Cl4N3O4S/c1-16(25(34)30-2)31(14-19-20(26)9-6-10-21(19)27)24(33)15-32(17-11-12-22(28)23(29)13-17)37(35,36)18-7-4-3-5-8-18/h3-13,16H,14-15H2,1-2H3,(H,30,34)/t16-/m1/s1. The molecule has 0 aromatic heterocycles. The molecule has 0 saturated carbocycles. The summed E-state index contributed by atoms with van der Waals surface area (Å²) >= 11 is 24.9. The Bertz CT molecular complexity index is 1380. The van der Waals surface area contributed by atoms with Crippen LogP contribution in [0.1, 0.15) is 12.5 Å². The number of nitrogens with one attached hydrogen (secondary N) is 1. The number of amides is 2. The number of hydrogen-bond donors (Lipinski definition) is 1. The fraction of sp³-hybridized carbons (Fsp3) is 0.200. The van der Waals surface area contributed by atoms with E-state index in [1.165, 1.54) is 49.2 Å². The van der Waals surface area contributed by atoms with Crippen LogP contribution in [0, 0.1) is 0 Å². The van der Waals surface area contributed by atoms with Gasteiger partial charge in [-0.1, -0.05) is 70.7 Å². The zero-order valence-electron chi connectivity index (χ0n) is 19.8. The van der Waals surface area contributed by atoms with Crippen LogP contribution in [0.5, 0.6) is 0 Å². The van der Waals surface area contributed by atoms with Crippen LogP contribution in [0.25, 0.3) is 0 Å². The van der Waals surface area contributed by atoms with Crippen molar-refractivity contribution in [1.29, 1.82) is 0 Å². The van der Waals surface area contributed by atoms with Gasteiger partial charge >= 0.3 is 0 Å². The zero-order chi connectivity index (χ0) is 27.3. The molecule has 0 aliphatic rings. The summed E-state index contributed by atoms with van der Waals surface area (Å²) in [5.41, 5.74) is 0.539. The second kappa shape index (κ2) is 12.4. The molecule has 2 amide bonds. The number of nitrogens with zero attached hydrogens (tertiary/aromatic N) is 2. The highest BCUT2D eigenvalue weighted by molar-refractivity contribution is 7.92. The zero-order valence-corrected chi connectivity index (χ0v) is 23.6. The summed E-state index contributed by atoms with van der Waals surface area (Å²) in [5.74, 6) is -1.12. The Morgan fingerprint density at radius 1 is 0.865 bits per heavy atom. The monoisotopic (exact) mass is 601 g/mol. The van der Waals surface area contributed by atoms with Gasteiger partial charge in [-0.2, -0.15) is 0 Å². The number of sulfonamides is 1. The Morgan fingerprint density at radius 2 is 1.49 bits per heavy atom. The minimum absolute atomic E-state index is 0.0334. The van der Waals surface area contributed by atoms with Crippen LogP contribution in [0.15, 0.2) is 71.6 Å². The number of carbonyl (C=O) groups is 2. The van der Waals surface area contributed by atoms with Crippen molar-refractivity contribution < 1.29 is 18.0 Å². The number of benzene rings is 3. The van der Waals surface area contributed by atoms with Crippen molar-refractivity contribution in [2.75, 3.05) is 17.9 Å². The fourth-order valence-electron chi connectivity index (χ4n) is 3.53. The van der Waals surface area contributed by atoms with Gasteiger partial charge in [-0.15, -0.1) is 0 Å². The Balaban J connectivity index is 2.08. The molecule has 3 aromatic carbocycles. The predicted molar refractivity (Wildman–Crippen MR) is 148 cm³/mol. The third-order valence-electron chi connectivity index (χ3n) is 5.61. The van der Waals surface area contributed by atoms with Gasteiger partial charge in [0.1, 0.15) is 12.6 Å². The van der Waals surface area contributed by atoms with Crippen LogP contribution in [-0.4, -0.2) is 44.8 Å². The summed E-state index contributed by atoms with van der Waals surface area (Å²) in [7, 11) is -2.79. The highest BCUT2D eigenvalue weighted by Gasteiger charge is 2.33. The van der Waals surface area contributed by atoms with Crippen molar-refractivity contribution >= 4 is 73.9 Å². The van der Waals surface area contributed by atoms with E-state index in [0.29, 0.717) is 15.6 Å². The van der Waals surface area contributed by atoms with Crippen LogP contribution in [0.4, 0.5) is 5.69 Å². The lowest BCUT2D eigenvalue weighted by atomic mass is 10.1. The molecule has 12 heteroatoms. The largest absolute Gasteiger partial charge is 0.357 e. The quantitative estimate of drug-likeness (QED) is 0.342. The maximum atomic E-state index is 13.7. The molecule has 0 bridgehead atoms. The molecule has 0 fully saturated rings. The van der Waals surface area contributed by atoms with E-state index >= 15 is 0 Å². The van der Waals surface area contributed by atoms with Gasteiger partial charge < -0.3 is 10.2 Å². The number of likely N-dealkylation sites (N-methyl/N-ethyl adjacent to an activating group) is 1. The van der Waals surface area contributed by atoms with Gasteiger partial charge in [-0.05, 0) is 49.4 Å². The lowest BCUT2D eigenvalue weighted by Crippen LogP contribution is -2.50. The van der Waals surface area contributed by atoms with Gasteiger partial charge in [-0.3, -0.25) is 13.9 Å². The normalized spacial score (nSPS) is 12.1. The van der Waals surface area contributed by atoms with E-state index in [-0.39, 0.29) is 27.2 Å². The summed E-state index contributed by atoms with van der Waals surface area (Å²) in [6, 6.07) is 15.8. The molecule has 0 saturated heterocycles. The van der Waals surface area contributed by atoms with Gasteiger partial charge in [0.25, 0.3) is 10.0 Å². The minimum atomic E-state index is -4.22. The van der Waals surface area contributed by atoms with Gasteiger partial charge in [0.05, 0.1) is 20.6 Å². The molecule has 3 rings (SSSR count). The maximum Gasteiger partial charge on any atom is 0.264 e. The third kappa shape index (κ3) is 6.69. The van der Waals surface area contributed by atoms with Gasteiger partial charge in [0, 0.05) is 29.2 Å². The van der Waals surface area contributed by atoms with E-state index in [1.807, 2.05) is 0 Å². The first-order valence-corrected chi connectivity index (χ1v) is 13.9. The average molecular weight is 603 g/mol. The predicted octanol–water partition coefficient (Wildman–Crippen LogP) is 5.66. The van der Waals surface area contributed by atoms with E-state index in [9.17, 15) is 18.0 Å². The van der Waals surface area contributed by atoms with Crippen LogP contribution in [0.3, 0.4) is 0 Å². The molecule has 37 heavy (non-hydrogen) atoms. The summed E-state index contributed by atoms with van der Waals surface area (Å²) in [6.07, 6.45) is 0. The lowest BCUT2D eigenvalue weighted by Gasteiger charge is -2.32. The fourth-order valence-corrected chi connectivity index (χ4v) is 5.77. The molecule has 0 unspecified atom stereocenters. The van der Waals surface area contributed by atoms with Crippen LogP contribution < -0.4 is 9.62 Å². The summed E-state index contributed by atoms with van der Waals surface area (Å²) < 4.78 is 28.3. The van der Waals surface area contributed by atoms with Crippen molar-refractivity contribution in [3.63, 3.8) is 0 Å². The Kier molecular flexibility index (Phi) is 9.72. The van der Waals surface area contributed by atoms with Crippen LogP contribution in [-0.2, 0) is 26.2 Å². The number of halogens is 4. The van der Waals surface area contributed by atoms with E-state index in [2.05, 4.69) is 5.32 Å². The summed E-state index contributed by atoms with van der Waals surface area (Å²) in [6.45, 7) is 0.752. The van der Waals surface area contributed by atoms with Crippen molar-refractivity contribution in [3.05, 3.63) is 92.4 Å². The van der Waals surface area contributed by atoms with Crippen molar-refractivity contribution in [1.82, 2.24) is 10.2 Å². The van der Waals surface area contributed by atoms with E-state index in [0.717, 1.165) is 4.31 Å². The smallest absolute Gasteiger partial charge is 0.264 e. The molecule has 1 N–H and O–H groups in total. The van der Waals surface area contributed by atoms with E-state index < -0.39 is 34.4 Å². The molecule has 0 aliphatic heterocycles. The molecule has 196 valence electrons. The Morgan fingerprint density at radius 3 is 2.05 bits per heavy atom. The highest BCUT2D eigenvalue weighted by atomic mass is 35.5. The topological polar surface area (TPSA) is 86.8 Å². The molecular formula is C25H23Cl4N3O4S. The number of hydrogen-bond acceptors (Lipinski definition) is 4. The number of rotatable bonds is 9. The first kappa shape index (κ1) is 29.1. The second-order valence-electron chi connectivity index (χ2n) is 7.94. The van der Waals surface area contributed by atoms with Crippen LogP contribution in [0.2, 0.25) is 20.1 Å². The van der Waals surface area contributed by atoms with Crippen molar-refractivity contribution in [2.45, 2.75) is 24.4 Å². The number of carbonyl (C=O) groups excluding carboxylic acids is 2. The first-order chi connectivity index (χ1) is 17.5. The molecule has 0 heterocycles. The van der Waals surface area contributed by atoms with Gasteiger partial charge in [0.15, 0.2) is 0 Å². The van der Waals surface area contributed by atoms with E-state index in [4.69, 9.17) is 46.4 Å². The Hall–Kier alpha value is -2.49. The summed E-state index contributed by atoms with van der Waals surface area (Å²) in [5, 5.41) is 3.43. The van der Waals surface area contributed by atoms with Gasteiger partial charge in [0.2, 0.25) is 11.8 Å². The van der Waals surface area contributed by atoms with Crippen LogP contribution >= 0.6 is 46.4 Å². The molecule has 0 aliphatic carbocycles. The number of anilines is 1. The molecule has 1 atom stereocenters.